The van der Waals surface area contributed by atoms with Gasteiger partial charge in [-0.05, 0) is 18.6 Å². The van der Waals surface area contributed by atoms with E-state index in [1.807, 2.05) is 25.1 Å². The molecular weight excluding hydrogens is 275 g/mol. The summed E-state index contributed by atoms with van der Waals surface area (Å²) in [6.45, 7) is 2.04. The number of rotatable bonds is 1. The van der Waals surface area contributed by atoms with Gasteiger partial charge in [0, 0.05) is 5.69 Å². The van der Waals surface area contributed by atoms with Crippen LogP contribution in [0.25, 0.3) is 0 Å². The Kier molecular flexibility index (Phi) is 6.74. The average molecular weight is 285 g/mol. The second-order valence-electron chi connectivity index (χ2n) is 2.35. The monoisotopic (exact) mass is 285 g/mol. The van der Waals surface area contributed by atoms with Crippen LogP contribution in [0.4, 0.5) is 5.69 Å². The Bertz CT molecular complexity index is 238. The van der Waals surface area contributed by atoms with Crippen LogP contribution in [-0.2, 0) is 18.4 Å². The first-order valence-electron chi connectivity index (χ1n) is 3.17. The molecule has 1 nitrogen and oxygen atoms in total. The third kappa shape index (κ3) is 3.76. The third-order valence-electron chi connectivity index (χ3n) is 1.45. The fourth-order valence-electron chi connectivity index (χ4n) is 0.860. The molecule has 1 aromatic carbocycles. The first-order chi connectivity index (χ1) is 4.74. The number of hydrogen-bond acceptors (Lipinski definition) is 2. The summed E-state index contributed by atoms with van der Waals surface area (Å²) in [5.41, 5.74) is 8.72. The van der Waals surface area contributed by atoms with Crippen LogP contribution in [0.15, 0.2) is 18.2 Å². The molecule has 0 unspecified atom stereocenters. The Hall–Kier alpha value is 1.42. The second kappa shape index (κ2) is 5.96. The van der Waals surface area contributed by atoms with E-state index in [0.29, 0.717) is 5.75 Å². The van der Waals surface area contributed by atoms with Gasteiger partial charge >= 0.3 is 68.9 Å². The number of aryl methyl sites for hydroxylation is 1. The van der Waals surface area contributed by atoms with Crippen molar-refractivity contribution in [3.05, 3.63) is 29.3 Å². The van der Waals surface area contributed by atoms with E-state index in [-0.39, 0.29) is 68.9 Å². The molecule has 1 rings (SSSR count). The molecule has 0 atom stereocenters. The molecule has 0 aromatic heterocycles. The van der Waals surface area contributed by atoms with Crippen LogP contribution in [0, 0.1) is 6.92 Å². The van der Waals surface area contributed by atoms with Crippen molar-refractivity contribution < 1.29 is 68.9 Å². The molecule has 11 heavy (non-hydrogen) atoms. The first-order valence-corrected chi connectivity index (χ1v) is 3.75. The van der Waals surface area contributed by atoms with Crippen molar-refractivity contribution in [2.45, 2.75) is 12.7 Å². The molecule has 0 saturated heterocycles. The Balaban J connectivity index is 0.000001000. The summed E-state index contributed by atoms with van der Waals surface area (Å²) in [6.07, 6.45) is 0. The van der Waals surface area contributed by atoms with E-state index in [1.54, 1.807) is 0 Å². The Morgan fingerprint density at radius 3 is 2.55 bits per heavy atom. The van der Waals surface area contributed by atoms with Gasteiger partial charge in [0.25, 0.3) is 0 Å². The van der Waals surface area contributed by atoms with E-state index in [1.165, 1.54) is 5.56 Å². The molecule has 0 aliphatic carbocycles. The summed E-state index contributed by atoms with van der Waals surface area (Å²) in [6, 6.07) is 5.92. The third-order valence-corrected chi connectivity index (χ3v) is 1.76. The molecule has 0 bridgehead atoms. The number of benzene rings is 1. The molecule has 1 aromatic rings. The molecular formula is C8H10CsNS. The number of nitrogen functional groups attached to an aromatic ring is 1. The summed E-state index contributed by atoms with van der Waals surface area (Å²) < 4.78 is 0. The molecule has 0 aliphatic rings. The van der Waals surface area contributed by atoms with Crippen molar-refractivity contribution in [1.29, 1.82) is 0 Å². The average Bonchev–Trinajstić information content (AvgIpc) is 1.94. The van der Waals surface area contributed by atoms with Crippen molar-refractivity contribution in [2.75, 3.05) is 5.73 Å². The predicted molar refractivity (Wildman–Crippen MR) is 46.7 cm³/mol. The van der Waals surface area contributed by atoms with E-state index in [9.17, 15) is 0 Å². The van der Waals surface area contributed by atoms with Crippen molar-refractivity contribution >= 4 is 18.3 Å². The topological polar surface area (TPSA) is 26.0 Å². The molecule has 0 fully saturated rings. The summed E-state index contributed by atoms with van der Waals surface area (Å²) in [5, 5.41) is 0. The van der Waals surface area contributed by atoms with E-state index >= 15 is 0 Å². The van der Waals surface area contributed by atoms with Gasteiger partial charge in [0.15, 0.2) is 0 Å². The molecule has 0 radical (unpaired) electrons. The normalized spacial score (nSPS) is 8.91. The Morgan fingerprint density at radius 1 is 1.45 bits per heavy atom. The molecule has 0 aliphatic heterocycles. The van der Waals surface area contributed by atoms with Crippen LogP contribution in [0.1, 0.15) is 11.1 Å². The van der Waals surface area contributed by atoms with Gasteiger partial charge in [-0.2, -0.15) is 0 Å². The van der Waals surface area contributed by atoms with Crippen molar-refractivity contribution in [1.82, 2.24) is 0 Å². The number of nitrogens with two attached hydrogens (primary N) is 1. The van der Waals surface area contributed by atoms with Gasteiger partial charge in [0.2, 0.25) is 0 Å². The largest absolute Gasteiger partial charge is 1.00 e. The first kappa shape index (κ1) is 12.4. The quantitative estimate of drug-likeness (QED) is 0.509. The maximum atomic E-state index is 5.63. The smallest absolute Gasteiger partial charge is 0.788 e. The molecule has 0 heterocycles. The van der Waals surface area contributed by atoms with Crippen molar-refractivity contribution in [3.8, 4) is 0 Å². The van der Waals surface area contributed by atoms with Crippen molar-refractivity contribution in [3.63, 3.8) is 0 Å². The standard InChI is InChI=1S/C8H11NS.Cs/c1-6-2-3-8(9)7(4-6)5-10;/h2-4,10H,5,9H2,1H3;/q;+1/p-1. The molecule has 54 valence electrons. The zero-order valence-corrected chi connectivity index (χ0v) is 14.0. The van der Waals surface area contributed by atoms with Gasteiger partial charge in [-0.25, -0.2) is 0 Å². The minimum atomic E-state index is 0. The second-order valence-corrected chi connectivity index (χ2v) is 2.64. The fraction of sp³-hybridized carbons (Fsp3) is 0.250. The molecule has 0 saturated carbocycles. The minimum absolute atomic E-state index is 0. The fourth-order valence-corrected chi connectivity index (χ4v) is 1.11. The summed E-state index contributed by atoms with van der Waals surface area (Å²) in [5.74, 6) is 0.605. The van der Waals surface area contributed by atoms with Gasteiger partial charge in [0.05, 0.1) is 0 Å². The van der Waals surface area contributed by atoms with Crippen LogP contribution < -0.4 is 74.6 Å². The molecule has 0 spiro atoms. The van der Waals surface area contributed by atoms with E-state index < -0.39 is 0 Å². The number of anilines is 1. The van der Waals surface area contributed by atoms with E-state index in [2.05, 4.69) is 0 Å². The van der Waals surface area contributed by atoms with Crippen LogP contribution in [0.5, 0.6) is 0 Å². The van der Waals surface area contributed by atoms with E-state index in [0.717, 1.165) is 11.3 Å². The maximum Gasteiger partial charge on any atom is 1.00 e. The van der Waals surface area contributed by atoms with Gasteiger partial charge in [-0.3, -0.25) is 0 Å². The molecule has 2 N–H and O–H groups in total. The zero-order valence-electron chi connectivity index (χ0n) is 6.92. The van der Waals surface area contributed by atoms with Gasteiger partial charge in [-0.1, -0.05) is 17.7 Å². The summed E-state index contributed by atoms with van der Waals surface area (Å²) in [4.78, 5) is 0. The zero-order chi connectivity index (χ0) is 7.56. The molecule has 3 heteroatoms. The van der Waals surface area contributed by atoms with Crippen LogP contribution in [0.3, 0.4) is 0 Å². The van der Waals surface area contributed by atoms with Crippen LogP contribution >= 0.6 is 0 Å². The predicted octanol–water partition coefficient (Wildman–Crippen LogP) is -1.37. The summed E-state index contributed by atoms with van der Waals surface area (Å²) >= 11 is 4.89. The van der Waals surface area contributed by atoms with Gasteiger partial charge in [-0.15, -0.1) is 5.75 Å². The van der Waals surface area contributed by atoms with Crippen molar-refractivity contribution in [2.24, 2.45) is 0 Å². The van der Waals surface area contributed by atoms with Gasteiger partial charge in [0.1, 0.15) is 0 Å². The Labute approximate surface area is 132 Å². The number of hydrogen-bond donors (Lipinski definition) is 1. The van der Waals surface area contributed by atoms with Crippen LogP contribution in [-0.4, -0.2) is 0 Å². The van der Waals surface area contributed by atoms with Gasteiger partial charge < -0.3 is 18.4 Å². The van der Waals surface area contributed by atoms with Crippen LogP contribution in [0.2, 0.25) is 0 Å². The van der Waals surface area contributed by atoms with E-state index in [4.69, 9.17) is 18.4 Å². The Morgan fingerprint density at radius 2 is 2.09 bits per heavy atom. The SMILES string of the molecule is Cc1ccc(N)c(C[S-])c1.[Cs+]. The maximum absolute atomic E-state index is 5.63. The summed E-state index contributed by atoms with van der Waals surface area (Å²) in [7, 11) is 0. The molecule has 0 amide bonds. The minimum Gasteiger partial charge on any atom is -0.788 e.